The zero-order chi connectivity index (χ0) is 19.7. The van der Waals surface area contributed by atoms with Crippen LogP contribution in [0.4, 0.5) is 5.69 Å². The van der Waals surface area contributed by atoms with Gasteiger partial charge in [0.2, 0.25) is 11.8 Å². The third kappa shape index (κ3) is 3.54. The highest BCUT2D eigenvalue weighted by Gasteiger charge is 2.48. The molecule has 0 spiro atoms. The van der Waals surface area contributed by atoms with E-state index in [1.165, 1.54) is 4.90 Å². The van der Waals surface area contributed by atoms with Gasteiger partial charge in [-0.25, -0.2) is 4.90 Å². The minimum Gasteiger partial charge on any atom is -0.485 e. The molecule has 4 rings (SSSR count). The van der Waals surface area contributed by atoms with Crippen LogP contribution >= 0.6 is 11.6 Å². The van der Waals surface area contributed by atoms with E-state index >= 15 is 0 Å². The Balaban J connectivity index is 1.47. The van der Waals surface area contributed by atoms with Crippen LogP contribution < -0.4 is 9.64 Å². The Morgan fingerprint density at radius 3 is 2.29 bits per heavy atom. The van der Waals surface area contributed by atoms with Crippen molar-refractivity contribution in [1.82, 2.24) is 0 Å². The number of amides is 2. The number of hydrogen-bond acceptors (Lipinski definition) is 4. The fourth-order valence-corrected chi connectivity index (χ4v) is 4.12. The van der Waals surface area contributed by atoms with Gasteiger partial charge in [0.05, 0.1) is 17.5 Å². The molecule has 2 amide bonds. The minimum atomic E-state index is -0.197. The molecular weight excluding hydrogens is 378 g/mol. The monoisotopic (exact) mass is 397 g/mol. The van der Waals surface area contributed by atoms with Gasteiger partial charge in [-0.05, 0) is 49.2 Å². The van der Waals surface area contributed by atoms with Crippen LogP contribution in [0.3, 0.4) is 0 Å². The maximum absolute atomic E-state index is 12.7. The summed E-state index contributed by atoms with van der Waals surface area (Å²) in [6.07, 6.45) is 3.53. The van der Waals surface area contributed by atoms with E-state index in [2.05, 4.69) is 0 Å². The van der Waals surface area contributed by atoms with Crippen LogP contribution in [0, 0.1) is 11.8 Å². The van der Waals surface area contributed by atoms with Gasteiger partial charge in [0.15, 0.2) is 12.4 Å². The molecule has 0 radical (unpaired) electrons. The van der Waals surface area contributed by atoms with Crippen LogP contribution in [0.25, 0.3) is 0 Å². The Morgan fingerprint density at radius 2 is 1.64 bits per heavy atom. The lowest BCUT2D eigenvalue weighted by Crippen LogP contribution is -2.30. The van der Waals surface area contributed by atoms with Crippen molar-refractivity contribution in [3.63, 3.8) is 0 Å². The van der Waals surface area contributed by atoms with E-state index < -0.39 is 0 Å². The highest BCUT2D eigenvalue weighted by atomic mass is 35.5. The first kappa shape index (κ1) is 18.7. The Morgan fingerprint density at radius 1 is 1.00 bits per heavy atom. The number of carbonyl (C=O) groups excluding carboxylic acids is 3. The molecule has 0 unspecified atom stereocenters. The molecule has 1 saturated carbocycles. The number of ketones is 1. The van der Waals surface area contributed by atoms with Crippen molar-refractivity contribution in [2.24, 2.45) is 11.8 Å². The van der Waals surface area contributed by atoms with Gasteiger partial charge in [-0.3, -0.25) is 14.4 Å². The first-order chi connectivity index (χ1) is 13.5. The van der Waals surface area contributed by atoms with Gasteiger partial charge in [0.25, 0.3) is 0 Å². The predicted molar refractivity (Wildman–Crippen MR) is 106 cm³/mol. The Hall–Kier alpha value is -2.66. The van der Waals surface area contributed by atoms with E-state index in [9.17, 15) is 14.4 Å². The smallest absolute Gasteiger partial charge is 0.237 e. The van der Waals surface area contributed by atoms with E-state index in [4.69, 9.17) is 16.3 Å². The van der Waals surface area contributed by atoms with Crippen molar-refractivity contribution in [1.29, 1.82) is 0 Å². The van der Waals surface area contributed by atoms with E-state index in [0.29, 0.717) is 22.0 Å². The maximum atomic E-state index is 12.7. The first-order valence-corrected chi connectivity index (χ1v) is 9.82. The number of imide groups is 1. The molecule has 144 valence electrons. The van der Waals surface area contributed by atoms with Crippen LogP contribution in [0.5, 0.6) is 5.75 Å². The number of fused-ring (bicyclic) bond motifs is 1. The third-order valence-electron chi connectivity index (χ3n) is 5.45. The van der Waals surface area contributed by atoms with Crippen molar-refractivity contribution in [3.05, 3.63) is 59.1 Å². The largest absolute Gasteiger partial charge is 0.485 e. The molecule has 6 heteroatoms. The van der Waals surface area contributed by atoms with Crippen LogP contribution in [0.1, 0.15) is 36.0 Å². The highest BCUT2D eigenvalue weighted by molar-refractivity contribution is 6.30. The average molecular weight is 398 g/mol. The fourth-order valence-electron chi connectivity index (χ4n) is 4.00. The zero-order valence-electron chi connectivity index (χ0n) is 15.3. The molecule has 1 saturated heterocycles. The number of Topliss-reactive ketones (excluding diaryl/α,β-unsaturated/α-hetero) is 1. The van der Waals surface area contributed by atoms with Crippen LogP contribution in [-0.2, 0) is 9.59 Å². The van der Waals surface area contributed by atoms with Gasteiger partial charge in [-0.2, -0.15) is 0 Å². The van der Waals surface area contributed by atoms with E-state index in [1.807, 2.05) is 0 Å². The Kier molecular flexibility index (Phi) is 5.18. The number of nitrogens with zero attached hydrogens (tertiary/aromatic N) is 1. The Labute approximate surface area is 168 Å². The summed E-state index contributed by atoms with van der Waals surface area (Å²) in [6, 6.07) is 13.4. The summed E-state index contributed by atoms with van der Waals surface area (Å²) in [5.74, 6) is -0.375. The molecule has 1 heterocycles. The number of hydrogen-bond donors (Lipinski definition) is 0. The molecule has 2 aromatic carbocycles. The van der Waals surface area contributed by atoms with Gasteiger partial charge >= 0.3 is 0 Å². The SMILES string of the molecule is O=C(COc1cccc(N2C(=O)[C@H]3CCCC[C@@H]3C2=O)c1)c1ccc(Cl)cc1. The maximum Gasteiger partial charge on any atom is 0.237 e. The third-order valence-corrected chi connectivity index (χ3v) is 5.71. The minimum absolute atomic E-state index is 0.121. The molecule has 0 N–H and O–H groups in total. The van der Waals surface area contributed by atoms with Crippen molar-refractivity contribution < 1.29 is 19.1 Å². The molecule has 2 atom stereocenters. The molecule has 0 aromatic heterocycles. The van der Waals surface area contributed by atoms with Crippen LogP contribution in [-0.4, -0.2) is 24.2 Å². The highest BCUT2D eigenvalue weighted by Crippen LogP contribution is 2.40. The van der Waals surface area contributed by atoms with Crippen molar-refractivity contribution in [3.8, 4) is 5.75 Å². The van der Waals surface area contributed by atoms with Crippen LogP contribution in [0.15, 0.2) is 48.5 Å². The number of ether oxygens (including phenoxy) is 1. The average Bonchev–Trinajstić information content (AvgIpc) is 2.98. The second-order valence-corrected chi connectivity index (χ2v) is 7.66. The van der Waals surface area contributed by atoms with E-state index in [0.717, 1.165) is 25.7 Å². The zero-order valence-corrected chi connectivity index (χ0v) is 16.0. The topological polar surface area (TPSA) is 63.7 Å². The second kappa shape index (κ2) is 7.76. The van der Waals surface area contributed by atoms with Gasteiger partial charge < -0.3 is 4.74 Å². The number of benzene rings is 2. The first-order valence-electron chi connectivity index (χ1n) is 9.44. The lowest BCUT2D eigenvalue weighted by molar-refractivity contribution is -0.122. The summed E-state index contributed by atoms with van der Waals surface area (Å²) in [4.78, 5) is 39.0. The predicted octanol–water partition coefficient (Wildman–Crippen LogP) is 4.28. The van der Waals surface area contributed by atoms with Crippen LogP contribution in [0.2, 0.25) is 5.02 Å². The lowest BCUT2D eigenvalue weighted by Gasteiger charge is -2.19. The van der Waals surface area contributed by atoms with Gasteiger partial charge in [0, 0.05) is 16.7 Å². The Bertz CT molecular complexity index is 900. The summed E-state index contributed by atoms with van der Waals surface area (Å²) in [7, 11) is 0. The quantitative estimate of drug-likeness (QED) is 0.558. The summed E-state index contributed by atoms with van der Waals surface area (Å²) in [5, 5.41) is 0.561. The molecule has 5 nitrogen and oxygen atoms in total. The molecule has 2 fully saturated rings. The van der Waals surface area contributed by atoms with E-state index in [-0.39, 0.29) is 36.0 Å². The number of carbonyl (C=O) groups is 3. The van der Waals surface area contributed by atoms with Gasteiger partial charge in [-0.15, -0.1) is 0 Å². The molecule has 1 aliphatic heterocycles. The number of anilines is 1. The molecule has 2 aliphatic rings. The standard InChI is InChI=1S/C22H20ClNO4/c23-15-10-8-14(9-11-15)20(25)13-28-17-5-3-4-16(12-17)24-21(26)18-6-1-2-7-19(18)22(24)27/h3-5,8-12,18-19H,1-2,6-7,13H2/t18-,19-/m0/s1. The summed E-state index contributed by atoms with van der Waals surface area (Å²) >= 11 is 5.84. The molecule has 0 bridgehead atoms. The summed E-state index contributed by atoms with van der Waals surface area (Å²) in [6.45, 7) is -0.141. The fraction of sp³-hybridized carbons (Fsp3) is 0.318. The summed E-state index contributed by atoms with van der Waals surface area (Å²) < 4.78 is 5.61. The molecule has 1 aliphatic carbocycles. The summed E-state index contributed by atoms with van der Waals surface area (Å²) in [5.41, 5.74) is 1.01. The number of halogens is 1. The normalized spacial score (nSPS) is 21.5. The lowest BCUT2D eigenvalue weighted by atomic mass is 9.81. The number of rotatable bonds is 5. The van der Waals surface area contributed by atoms with Crippen molar-refractivity contribution >= 4 is 34.9 Å². The second-order valence-electron chi connectivity index (χ2n) is 7.23. The van der Waals surface area contributed by atoms with Crippen molar-refractivity contribution in [2.45, 2.75) is 25.7 Å². The van der Waals surface area contributed by atoms with Gasteiger partial charge in [-0.1, -0.05) is 30.5 Å². The van der Waals surface area contributed by atoms with E-state index in [1.54, 1.807) is 48.5 Å². The van der Waals surface area contributed by atoms with Crippen molar-refractivity contribution in [2.75, 3.05) is 11.5 Å². The van der Waals surface area contributed by atoms with Gasteiger partial charge in [0.1, 0.15) is 5.75 Å². The molecular formula is C22H20ClNO4. The molecule has 2 aromatic rings. The molecule has 28 heavy (non-hydrogen) atoms.